The van der Waals surface area contributed by atoms with E-state index in [1.807, 2.05) is 22.9 Å². The fourth-order valence-corrected chi connectivity index (χ4v) is 1.86. The molecule has 0 radical (unpaired) electrons. The summed E-state index contributed by atoms with van der Waals surface area (Å²) in [7, 11) is 0. The van der Waals surface area contributed by atoms with Gasteiger partial charge in [0.25, 0.3) is 0 Å². The van der Waals surface area contributed by atoms with Crippen LogP contribution in [-0.4, -0.2) is 20.5 Å². The van der Waals surface area contributed by atoms with Crippen LogP contribution in [0.2, 0.25) is 0 Å². The van der Waals surface area contributed by atoms with E-state index in [0.717, 1.165) is 5.69 Å². The van der Waals surface area contributed by atoms with Gasteiger partial charge in [-0.2, -0.15) is 0 Å². The molecule has 0 amide bonds. The maximum atomic E-state index is 11.9. The highest BCUT2D eigenvalue weighted by Gasteiger charge is 2.09. The highest BCUT2D eigenvalue weighted by molar-refractivity contribution is 5.89. The van der Waals surface area contributed by atoms with Crippen molar-refractivity contribution < 1.29 is 13.9 Å². The number of rotatable bonds is 4. The highest BCUT2D eigenvalue weighted by atomic mass is 16.5. The van der Waals surface area contributed by atoms with Crippen LogP contribution in [-0.2, 0) is 11.3 Å². The van der Waals surface area contributed by atoms with E-state index < -0.39 is 5.97 Å². The van der Waals surface area contributed by atoms with Crippen molar-refractivity contribution in [2.75, 3.05) is 0 Å². The van der Waals surface area contributed by atoms with Crippen molar-refractivity contribution in [3.8, 4) is 5.69 Å². The maximum Gasteiger partial charge on any atom is 0.338 e. The Morgan fingerprint density at radius 3 is 2.76 bits per heavy atom. The summed E-state index contributed by atoms with van der Waals surface area (Å²) in [5, 5.41) is 0. The zero-order chi connectivity index (χ0) is 14.7. The van der Waals surface area contributed by atoms with Gasteiger partial charge in [0, 0.05) is 18.1 Å². The predicted octanol–water partition coefficient (Wildman–Crippen LogP) is 2.53. The van der Waals surface area contributed by atoms with Crippen LogP contribution in [0.25, 0.3) is 5.69 Å². The molecule has 0 atom stereocenters. The van der Waals surface area contributed by atoms with Crippen LogP contribution in [0, 0.1) is 6.92 Å². The summed E-state index contributed by atoms with van der Waals surface area (Å²) < 4.78 is 12.2. The lowest BCUT2D eigenvalue weighted by Crippen LogP contribution is -2.05. The molecule has 0 aliphatic rings. The molecular formula is C15H13N3O3. The van der Waals surface area contributed by atoms with Gasteiger partial charge in [-0.25, -0.2) is 14.8 Å². The lowest BCUT2D eigenvalue weighted by atomic mass is 10.2. The third-order valence-corrected chi connectivity index (χ3v) is 2.90. The number of imidazole rings is 1. The number of ether oxygens (including phenoxy) is 1. The Hall–Kier alpha value is -2.89. The van der Waals surface area contributed by atoms with Gasteiger partial charge in [0.2, 0.25) is 5.89 Å². The number of aromatic nitrogens is 3. The van der Waals surface area contributed by atoms with Crippen molar-refractivity contribution in [3.63, 3.8) is 0 Å². The smallest absolute Gasteiger partial charge is 0.338 e. The molecule has 0 aliphatic heterocycles. The maximum absolute atomic E-state index is 11.9. The normalized spacial score (nSPS) is 10.5. The number of carbonyl (C=O) groups is 1. The van der Waals surface area contributed by atoms with Gasteiger partial charge < -0.3 is 13.7 Å². The number of esters is 1. The van der Waals surface area contributed by atoms with Gasteiger partial charge in [0.05, 0.1) is 18.1 Å². The van der Waals surface area contributed by atoms with Crippen molar-refractivity contribution in [1.82, 2.24) is 14.5 Å². The first-order valence-electron chi connectivity index (χ1n) is 6.39. The van der Waals surface area contributed by atoms with Gasteiger partial charge in [-0.3, -0.25) is 0 Å². The van der Waals surface area contributed by atoms with E-state index in [-0.39, 0.29) is 6.61 Å². The number of aryl methyl sites for hydroxylation is 1. The molecule has 0 bridgehead atoms. The first-order chi connectivity index (χ1) is 10.2. The monoisotopic (exact) mass is 283 g/mol. The number of oxazole rings is 1. The number of carbonyl (C=O) groups excluding carboxylic acids is 1. The zero-order valence-corrected chi connectivity index (χ0v) is 11.4. The summed E-state index contributed by atoms with van der Waals surface area (Å²) >= 11 is 0. The van der Waals surface area contributed by atoms with Crippen LogP contribution >= 0.6 is 0 Å². The van der Waals surface area contributed by atoms with Gasteiger partial charge in [-0.1, -0.05) is 0 Å². The first kappa shape index (κ1) is 13.1. The Balaban J connectivity index is 1.65. The zero-order valence-electron chi connectivity index (χ0n) is 11.4. The third kappa shape index (κ3) is 3.00. The lowest BCUT2D eigenvalue weighted by Gasteiger charge is -2.05. The van der Waals surface area contributed by atoms with E-state index >= 15 is 0 Å². The van der Waals surface area contributed by atoms with Crippen LogP contribution < -0.4 is 0 Å². The molecular weight excluding hydrogens is 270 g/mol. The van der Waals surface area contributed by atoms with Gasteiger partial charge in [0.15, 0.2) is 6.61 Å². The standard InChI is InChI=1S/C15H13N3O3/c1-11-8-17-14(21-11)9-20-15(19)12-2-4-13(5-3-12)18-7-6-16-10-18/h2-8,10H,9H2,1H3. The van der Waals surface area contributed by atoms with Gasteiger partial charge in [0.1, 0.15) is 5.76 Å². The number of hydrogen-bond acceptors (Lipinski definition) is 5. The molecule has 6 nitrogen and oxygen atoms in total. The van der Waals surface area contributed by atoms with E-state index in [0.29, 0.717) is 17.2 Å². The fourth-order valence-electron chi connectivity index (χ4n) is 1.86. The van der Waals surface area contributed by atoms with Gasteiger partial charge in [-0.05, 0) is 31.2 Å². The average molecular weight is 283 g/mol. The minimum Gasteiger partial charge on any atom is -0.452 e. The molecule has 2 heterocycles. The van der Waals surface area contributed by atoms with Crippen LogP contribution in [0.4, 0.5) is 0 Å². The first-order valence-corrected chi connectivity index (χ1v) is 6.39. The van der Waals surface area contributed by atoms with Crippen molar-refractivity contribution in [1.29, 1.82) is 0 Å². The summed E-state index contributed by atoms with van der Waals surface area (Å²) in [5.74, 6) is 0.657. The second-order valence-corrected chi connectivity index (χ2v) is 4.46. The summed E-state index contributed by atoms with van der Waals surface area (Å²) in [6, 6.07) is 7.07. The molecule has 0 aliphatic carbocycles. The molecule has 21 heavy (non-hydrogen) atoms. The Kier molecular flexibility index (Phi) is 3.51. The minimum atomic E-state index is -0.414. The predicted molar refractivity (Wildman–Crippen MR) is 73.9 cm³/mol. The summed E-state index contributed by atoms with van der Waals surface area (Å²) in [6.07, 6.45) is 6.81. The molecule has 1 aromatic carbocycles. The summed E-state index contributed by atoms with van der Waals surface area (Å²) in [5.41, 5.74) is 1.40. The third-order valence-electron chi connectivity index (χ3n) is 2.90. The van der Waals surface area contributed by atoms with E-state index in [4.69, 9.17) is 9.15 Å². The van der Waals surface area contributed by atoms with Crippen LogP contribution in [0.15, 0.2) is 53.6 Å². The Labute approximate surface area is 121 Å². The van der Waals surface area contributed by atoms with E-state index in [2.05, 4.69) is 9.97 Å². The Morgan fingerprint density at radius 2 is 2.14 bits per heavy atom. The molecule has 0 N–H and O–H groups in total. The minimum absolute atomic E-state index is 0.0238. The van der Waals surface area contributed by atoms with Crippen LogP contribution in [0.3, 0.4) is 0 Å². The van der Waals surface area contributed by atoms with E-state index in [1.165, 1.54) is 0 Å². The van der Waals surface area contributed by atoms with Crippen molar-refractivity contribution in [2.24, 2.45) is 0 Å². The Morgan fingerprint density at radius 1 is 1.33 bits per heavy atom. The molecule has 2 aromatic heterocycles. The molecule has 6 heteroatoms. The second kappa shape index (κ2) is 5.62. The van der Waals surface area contributed by atoms with E-state index in [1.54, 1.807) is 37.8 Å². The van der Waals surface area contributed by atoms with Crippen molar-refractivity contribution >= 4 is 5.97 Å². The topological polar surface area (TPSA) is 70.2 Å². The van der Waals surface area contributed by atoms with Crippen LogP contribution in [0.5, 0.6) is 0 Å². The molecule has 3 aromatic rings. The summed E-state index contributed by atoms with van der Waals surface area (Å²) in [4.78, 5) is 19.9. The fraction of sp³-hybridized carbons (Fsp3) is 0.133. The lowest BCUT2D eigenvalue weighted by molar-refractivity contribution is 0.0437. The van der Waals surface area contributed by atoms with Crippen molar-refractivity contribution in [3.05, 3.63) is 66.4 Å². The quantitative estimate of drug-likeness (QED) is 0.688. The average Bonchev–Trinajstić information content (AvgIpc) is 3.16. The largest absolute Gasteiger partial charge is 0.452 e. The molecule has 0 spiro atoms. The molecule has 3 rings (SSSR count). The molecule has 0 saturated heterocycles. The molecule has 0 unspecified atom stereocenters. The van der Waals surface area contributed by atoms with Gasteiger partial charge in [-0.15, -0.1) is 0 Å². The number of benzene rings is 1. The van der Waals surface area contributed by atoms with Crippen molar-refractivity contribution in [2.45, 2.75) is 13.5 Å². The molecule has 0 saturated carbocycles. The van der Waals surface area contributed by atoms with Gasteiger partial charge >= 0.3 is 5.97 Å². The van der Waals surface area contributed by atoms with Crippen LogP contribution in [0.1, 0.15) is 22.0 Å². The summed E-state index contributed by atoms with van der Waals surface area (Å²) in [6.45, 7) is 1.81. The second-order valence-electron chi connectivity index (χ2n) is 4.46. The highest BCUT2D eigenvalue weighted by Crippen LogP contribution is 2.11. The molecule has 0 fully saturated rings. The Bertz CT molecular complexity index is 730. The SMILES string of the molecule is Cc1cnc(COC(=O)c2ccc(-n3ccnc3)cc2)o1. The van der Waals surface area contributed by atoms with E-state index in [9.17, 15) is 4.79 Å². The molecule has 106 valence electrons. The number of hydrogen-bond donors (Lipinski definition) is 0. The number of nitrogens with zero attached hydrogens (tertiary/aromatic N) is 3.